The van der Waals surface area contributed by atoms with Crippen molar-refractivity contribution in [3.05, 3.63) is 28.8 Å². The van der Waals surface area contributed by atoms with E-state index in [1.54, 1.807) is 12.1 Å². The molecule has 2 fully saturated rings. The van der Waals surface area contributed by atoms with Crippen molar-refractivity contribution in [2.24, 2.45) is 5.41 Å². The van der Waals surface area contributed by atoms with Crippen LogP contribution in [0.4, 0.5) is 5.69 Å². The average molecular weight is 282 g/mol. The van der Waals surface area contributed by atoms with Crippen LogP contribution in [0.5, 0.6) is 0 Å². The number of halogens is 1. The van der Waals surface area contributed by atoms with Gasteiger partial charge in [0.15, 0.2) is 0 Å². The molecule has 0 amide bonds. The zero-order valence-electron chi connectivity index (χ0n) is 10.6. The van der Waals surface area contributed by atoms with Gasteiger partial charge in [-0.25, -0.2) is 4.79 Å². The number of carbonyl (C=O) groups is 1. The lowest BCUT2D eigenvalue weighted by molar-refractivity contribution is -0.000191. The molecule has 1 spiro atoms. The van der Waals surface area contributed by atoms with Crippen molar-refractivity contribution in [3.8, 4) is 0 Å². The van der Waals surface area contributed by atoms with Gasteiger partial charge in [-0.15, -0.1) is 0 Å². The zero-order chi connectivity index (χ0) is 13.5. The van der Waals surface area contributed by atoms with Gasteiger partial charge in [-0.3, -0.25) is 0 Å². The Morgan fingerprint density at radius 3 is 2.63 bits per heavy atom. The molecule has 0 radical (unpaired) electrons. The third kappa shape index (κ3) is 2.30. The van der Waals surface area contributed by atoms with Gasteiger partial charge in [0.2, 0.25) is 0 Å². The molecule has 5 heteroatoms. The van der Waals surface area contributed by atoms with Crippen LogP contribution >= 0.6 is 11.6 Å². The van der Waals surface area contributed by atoms with Gasteiger partial charge in [0.05, 0.1) is 10.6 Å². The summed E-state index contributed by atoms with van der Waals surface area (Å²) in [7, 11) is 0. The molecule has 0 unspecified atom stereocenters. The van der Waals surface area contributed by atoms with Crippen LogP contribution in [0.1, 0.15) is 23.2 Å². The molecule has 1 aromatic carbocycles. The Kier molecular flexibility index (Phi) is 3.15. The van der Waals surface area contributed by atoms with Crippen molar-refractivity contribution in [2.45, 2.75) is 12.8 Å². The number of carboxylic acids is 1. The molecule has 2 aliphatic rings. The summed E-state index contributed by atoms with van der Waals surface area (Å²) in [6.45, 7) is 3.65. The minimum Gasteiger partial charge on any atom is -0.478 e. The number of ether oxygens (including phenoxy) is 1. The maximum atomic E-state index is 11.1. The molecule has 0 saturated carbocycles. The highest BCUT2D eigenvalue weighted by Crippen LogP contribution is 2.42. The van der Waals surface area contributed by atoms with Gasteiger partial charge in [-0.05, 0) is 31.0 Å². The van der Waals surface area contributed by atoms with E-state index in [-0.39, 0.29) is 10.6 Å². The van der Waals surface area contributed by atoms with E-state index in [1.165, 1.54) is 0 Å². The number of nitrogens with zero attached hydrogens (tertiary/aromatic N) is 1. The fraction of sp³-hybridized carbons (Fsp3) is 0.500. The minimum atomic E-state index is -0.979. The van der Waals surface area contributed by atoms with Gasteiger partial charge in [-0.1, -0.05) is 11.6 Å². The summed E-state index contributed by atoms with van der Waals surface area (Å²) in [6.07, 6.45) is 2.20. The number of hydrogen-bond acceptors (Lipinski definition) is 3. The lowest BCUT2D eigenvalue weighted by Gasteiger charge is -2.53. The summed E-state index contributed by atoms with van der Waals surface area (Å²) in [5.41, 5.74) is 1.49. The molecule has 2 saturated heterocycles. The molecule has 4 nitrogen and oxygen atoms in total. The Balaban J connectivity index is 1.74. The summed E-state index contributed by atoms with van der Waals surface area (Å²) in [5, 5.41) is 9.37. The third-order valence-electron chi connectivity index (χ3n) is 4.15. The normalized spacial score (nSPS) is 21.2. The number of hydrogen-bond donors (Lipinski definition) is 1. The van der Waals surface area contributed by atoms with Crippen LogP contribution in [-0.4, -0.2) is 37.4 Å². The molecule has 0 aromatic heterocycles. The molecule has 3 rings (SSSR count). The van der Waals surface area contributed by atoms with E-state index in [0.29, 0.717) is 5.41 Å². The van der Waals surface area contributed by atoms with E-state index in [9.17, 15) is 4.79 Å². The van der Waals surface area contributed by atoms with Gasteiger partial charge in [0.25, 0.3) is 0 Å². The second-order valence-electron chi connectivity index (χ2n) is 5.44. The van der Waals surface area contributed by atoms with Crippen LogP contribution < -0.4 is 4.90 Å². The summed E-state index contributed by atoms with van der Waals surface area (Å²) < 4.78 is 5.39. The van der Waals surface area contributed by atoms with Crippen LogP contribution in [0.2, 0.25) is 5.02 Å². The second-order valence-corrected chi connectivity index (χ2v) is 5.84. The molecule has 1 N–H and O–H groups in total. The Morgan fingerprint density at radius 2 is 2.00 bits per heavy atom. The van der Waals surface area contributed by atoms with Crippen LogP contribution in [0.15, 0.2) is 18.2 Å². The summed E-state index contributed by atoms with van der Waals surface area (Å²) in [6, 6.07) is 5.22. The predicted octanol–water partition coefficient (Wildman–Crippen LogP) is 2.66. The monoisotopic (exact) mass is 281 g/mol. The molecule has 0 bridgehead atoms. The van der Waals surface area contributed by atoms with Gasteiger partial charge in [0, 0.05) is 37.4 Å². The molecular formula is C14H16ClNO3. The van der Waals surface area contributed by atoms with E-state index >= 15 is 0 Å². The molecule has 102 valence electrons. The molecule has 1 aromatic rings. The fourth-order valence-corrected chi connectivity index (χ4v) is 3.14. The van der Waals surface area contributed by atoms with Crippen LogP contribution in [0.25, 0.3) is 0 Å². The van der Waals surface area contributed by atoms with E-state index in [0.717, 1.165) is 44.8 Å². The lowest BCUT2D eigenvalue weighted by atomic mass is 9.73. The summed E-state index contributed by atoms with van der Waals surface area (Å²) in [5.74, 6) is -0.979. The highest BCUT2D eigenvalue weighted by molar-refractivity contribution is 6.33. The molecule has 0 atom stereocenters. The Bertz CT molecular complexity index is 503. The fourth-order valence-electron chi connectivity index (χ4n) is 2.94. The maximum absolute atomic E-state index is 11.1. The third-order valence-corrected chi connectivity index (χ3v) is 4.48. The van der Waals surface area contributed by atoms with Crippen molar-refractivity contribution in [2.75, 3.05) is 31.2 Å². The largest absolute Gasteiger partial charge is 0.478 e. The van der Waals surface area contributed by atoms with Crippen molar-refractivity contribution < 1.29 is 14.6 Å². The molecule has 0 aliphatic carbocycles. The highest BCUT2D eigenvalue weighted by atomic mass is 35.5. The number of benzene rings is 1. The number of rotatable bonds is 2. The van der Waals surface area contributed by atoms with Gasteiger partial charge in [-0.2, -0.15) is 0 Å². The number of aromatic carboxylic acids is 1. The first-order chi connectivity index (χ1) is 9.10. The van der Waals surface area contributed by atoms with Gasteiger partial charge < -0.3 is 14.7 Å². The van der Waals surface area contributed by atoms with Crippen LogP contribution in [-0.2, 0) is 4.74 Å². The molecule has 2 heterocycles. The first-order valence-electron chi connectivity index (χ1n) is 6.45. The van der Waals surface area contributed by atoms with Crippen molar-refractivity contribution in [3.63, 3.8) is 0 Å². The summed E-state index contributed by atoms with van der Waals surface area (Å²) >= 11 is 5.88. The molecular weight excluding hydrogens is 266 g/mol. The quantitative estimate of drug-likeness (QED) is 0.905. The van der Waals surface area contributed by atoms with Crippen molar-refractivity contribution in [1.29, 1.82) is 0 Å². The number of carboxylic acid groups (broad SMARTS) is 1. The predicted molar refractivity (Wildman–Crippen MR) is 73.1 cm³/mol. The number of anilines is 1. The smallest absolute Gasteiger partial charge is 0.337 e. The first-order valence-corrected chi connectivity index (χ1v) is 6.83. The standard InChI is InChI=1S/C14H16ClNO3/c15-12-2-1-10(7-11(12)13(17)18)16-8-14(9-16)3-5-19-6-4-14/h1-2,7H,3-6,8-9H2,(H,17,18). The van der Waals surface area contributed by atoms with Crippen molar-refractivity contribution >= 4 is 23.3 Å². The topological polar surface area (TPSA) is 49.8 Å². The van der Waals surface area contributed by atoms with Gasteiger partial charge >= 0.3 is 5.97 Å². The molecule has 2 aliphatic heterocycles. The molecule has 19 heavy (non-hydrogen) atoms. The van der Waals surface area contributed by atoms with E-state index < -0.39 is 5.97 Å². The van der Waals surface area contributed by atoms with E-state index in [4.69, 9.17) is 21.4 Å². The van der Waals surface area contributed by atoms with Gasteiger partial charge in [0.1, 0.15) is 0 Å². The van der Waals surface area contributed by atoms with Crippen LogP contribution in [0.3, 0.4) is 0 Å². The highest BCUT2D eigenvalue weighted by Gasteiger charge is 2.43. The zero-order valence-corrected chi connectivity index (χ0v) is 11.3. The average Bonchev–Trinajstić information content (AvgIpc) is 2.37. The Morgan fingerprint density at radius 1 is 1.32 bits per heavy atom. The lowest BCUT2D eigenvalue weighted by Crippen LogP contribution is -2.58. The Labute approximate surface area is 116 Å². The van der Waals surface area contributed by atoms with Crippen LogP contribution in [0, 0.1) is 5.41 Å². The van der Waals surface area contributed by atoms with Crippen molar-refractivity contribution in [1.82, 2.24) is 0 Å². The second kappa shape index (κ2) is 4.69. The summed E-state index contributed by atoms with van der Waals surface area (Å²) in [4.78, 5) is 13.3. The minimum absolute atomic E-state index is 0.173. The maximum Gasteiger partial charge on any atom is 0.337 e. The van der Waals surface area contributed by atoms with E-state index in [1.807, 2.05) is 6.07 Å². The first kappa shape index (κ1) is 12.8. The SMILES string of the molecule is O=C(O)c1cc(N2CC3(CCOCC3)C2)ccc1Cl. The Hall–Kier alpha value is -1.26. The van der Waals surface area contributed by atoms with E-state index in [2.05, 4.69) is 4.90 Å².